The van der Waals surface area contributed by atoms with E-state index in [0.717, 1.165) is 24.0 Å². The zero-order valence-corrected chi connectivity index (χ0v) is 18.1. The SMILES string of the molecule is C[C@H]1[C@@H](NC(=O)COC(=O)CNC(=O)c2ccc(-c3ccccc3)cc2)CCC[C@@H]1C. The Kier molecular flexibility index (Phi) is 7.82. The molecule has 0 spiro atoms. The minimum Gasteiger partial charge on any atom is -0.454 e. The molecule has 0 aromatic heterocycles. The summed E-state index contributed by atoms with van der Waals surface area (Å²) >= 11 is 0. The van der Waals surface area contributed by atoms with Crippen LogP contribution in [0.1, 0.15) is 43.5 Å². The van der Waals surface area contributed by atoms with Crippen LogP contribution in [0, 0.1) is 11.8 Å². The molecular formula is C25H30N2O4. The Morgan fingerprint density at radius 1 is 0.935 bits per heavy atom. The van der Waals surface area contributed by atoms with Crippen LogP contribution >= 0.6 is 0 Å². The molecule has 6 heteroatoms. The van der Waals surface area contributed by atoms with Crippen LogP contribution in [0.25, 0.3) is 11.1 Å². The molecule has 0 heterocycles. The van der Waals surface area contributed by atoms with Gasteiger partial charge in [-0.15, -0.1) is 0 Å². The van der Waals surface area contributed by atoms with Crippen LogP contribution in [0.5, 0.6) is 0 Å². The molecule has 0 bridgehead atoms. The van der Waals surface area contributed by atoms with Gasteiger partial charge in [0.1, 0.15) is 6.54 Å². The average Bonchev–Trinajstić information content (AvgIpc) is 2.80. The van der Waals surface area contributed by atoms with E-state index >= 15 is 0 Å². The molecule has 0 radical (unpaired) electrons. The Balaban J connectivity index is 1.40. The molecule has 6 nitrogen and oxygen atoms in total. The van der Waals surface area contributed by atoms with Gasteiger partial charge in [0, 0.05) is 11.6 Å². The molecule has 3 atom stereocenters. The Bertz CT molecular complexity index is 895. The molecule has 0 unspecified atom stereocenters. The lowest BCUT2D eigenvalue weighted by Gasteiger charge is -2.34. The van der Waals surface area contributed by atoms with Crippen molar-refractivity contribution in [3.8, 4) is 11.1 Å². The predicted molar refractivity (Wildman–Crippen MR) is 119 cm³/mol. The molecule has 0 aliphatic heterocycles. The predicted octanol–water partition coefficient (Wildman–Crippen LogP) is 3.57. The first-order valence-electron chi connectivity index (χ1n) is 10.8. The van der Waals surface area contributed by atoms with Gasteiger partial charge in [0.2, 0.25) is 0 Å². The van der Waals surface area contributed by atoms with Gasteiger partial charge < -0.3 is 15.4 Å². The number of amides is 2. The number of benzene rings is 2. The highest BCUT2D eigenvalue weighted by atomic mass is 16.5. The van der Waals surface area contributed by atoms with E-state index in [0.29, 0.717) is 17.4 Å². The summed E-state index contributed by atoms with van der Waals surface area (Å²) in [6, 6.07) is 17.1. The van der Waals surface area contributed by atoms with Crippen molar-refractivity contribution in [2.75, 3.05) is 13.2 Å². The minimum absolute atomic E-state index is 0.119. The molecule has 2 amide bonds. The summed E-state index contributed by atoms with van der Waals surface area (Å²) in [6.45, 7) is 3.71. The van der Waals surface area contributed by atoms with Crippen LogP contribution in [0.2, 0.25) is 0 Å². The number of esters is 1. The van der Waals surface area contributed by atoms with Crippen LogP contribution in [0.3, 0.4) is 0 Å². The molecule has 164 valence electrons. The van der Waals surface area contributed by atoms with Gasteiger partial charge in [-0.2, -0.15) is 0 Å². The Labute approximate surface area is 183 Å². The Morgan fingerprint density at radius 3 is 2.32 bits per heavy atom. The highest BCUT2D eigenvalue weighted by Gasteiger charge is 2.28. The minimum atomic E-state index is -0.644. The highest BCUT2D eigenvalue weighted by molar-refractivity contribution is 5.96. The van der Waals surface area contributed by atoms with E-state index in [2.05, 4.69) is 24.5 Å². The van der Waals surface area contributed by atoms with E-state index in [4.69, 9.17) is 4.74 Å². The Hall–Kier alpha value is -3.15. The van der Waals surface area contributed by atoms with E-state index in [9.17, 15) is 14.4 Å². The zero-order valence-electron chi connectivity index (χ0n) is 18.1. The molecule has 1 aliphatic rings. The van der Waals surface area contributed by atoms with Crippen molar-refractivity contribution in [2.45, 2.75) is 39.2 Å². The van der Waals surface area contributed by atoms with Crippen molar-refractivity contribution in [3.05, 3.63) is 60.2 Å². The lowest BCUT2D eigenvalue weighted by atomic mass is 9.78. The molecule has 2 aromatic carbocycles. The second-order valence-electron chi connectivity index (χ2n) is 8.23. The van der Waals surface area contributed by atoms with Crippen molar-refractivity contribution in [3.63, 3.8) is 0 Å². The zero-order chi connectivity index (χ0) is 22.2. The molecule has 31 heavy (non-hydrogen) atoms. The molecule has 2 aromatic rings. The summed E-state index contributed by atoms with van der Waals surface area (Å²) < 4.78 is 5.00. The van der Waals surface area contributed by atoms with E-state index in [1.165, 1.54) is 6.42 Å². The van der Waals surface area contributed by atoms with E-state index in [1.807, 2.05) is 42.5 Å². The quantitative estimate of drug-likeness (QED) is 0.668. The lowest BCUT2D eigenvalue weighted by Crippen LogP contribution is -2.45. The van der Waals surface area contributed by atoms with Gasteiger partial charge in [0.05, 0.1) is 0 Å². The third-order valence-corrected chi connectivity index (χ3v) is 6.06. The van der Waals surface area contributed by atoms with Crippen LogP contribution in [0.4, 0.5) is 0 Å². The first-order chi connectivity index (χ1) is 14.9. The summed E-state index contributed by atoms with van der Waals surface area (Å²) in [7, 11) is 0. The van der Waals surface area contributed by atoms with Crippen molar-refractivity contribution >= 4 is 17.8 Å². The van der Waals surface area contributed by atoms with E-state index in [1.54, 1.807) is 12.1 Å². The normalized spacial score (nSPS) is 20.5. The monoisotopic (exact) mass is 422 g/mol. The summed E-state index contributed by atoms with van der Waals surface area (Å²) in [5.41, 5.74) is 2.52. The smallest absolute Gasteiger partial charge is 0.325 e. The number of nitrogens with one attached hydrogen (secondary N) is 2. The van der Waals surface area contributed by atoms with Gasteiger partial charge >= 0.3 is 5.97 Å². The molecule has 3 rings (SSSR count). The third-order valence-electron chi connectivity index (χ3n) is 6.06. The van der Waals surface area contributed by atoms with Gasteiger partial charge in [-0.3, -0.25) is 14.4 Å². The molecule has 1 saturated carbocycles. The van der Waals surface area contributed by atoms with Crippen molar-refractivity contribution in [2.24, 2.45) is 11.8 Å². The first-order valence-corrected chi connectivity index (χ1v) is 10.8. The van der Waals surface area contributed by atoms with Crippen molar-refractivity contribution in [1.29, 1.82) is 0 Å². The second-order valence-corrected chi connectivity index (χ2v) is 8.23. The van der Waals surface area contributed by atoms with E-state index in [-0.39, 0.29) is 31.0 Å². The fourth-order valence-electron chi connectivity index (χ4n) is 3.93. The fourth-order valence-corrected chi connectivity index (χ4v) is 3.93. The van der Waals surface area contributed by atoms with Crippen LogP contribution in [0.15, 0.2) is 54.6 Å². The summed E-state index contributed by atoms with van der Waals surface area (Å²) in [5.74, 6) is -0.345. The molecule has 1 aliphatic carbocycles. The van der Waals surface area contributed by atoms with Gasteiger partial charge in [-0.05, 0) is 41.5 Å². The summed E-state index contributed by atoms with van der Waals surface area (Å²) in [6.07, 6.45) is 3.22. The van der Waals surface area contributed by atoms with Gasteiger partial charge in [0.25, 0.3) is 11.8 Å². The van der Waals surface area contributed by atoms with Crippen molar-refractivity contribution < 1.29 is 19.1 Å². The number of rotatable bonds is 7. The molecule has 0 saturated heterocycles. The maximum absolute atomic E-state index is 12.3. The third kappa shape index (κ3) is 6.41. The number of ether oxygens (including phenoxy) is 1. The number of carbonyl (C=O) groups excluding carboxylic acids is 3. The lowest BCUT2D eigenvalue weighted by molar-refractivity contribution is -0.147. The second kappa shape index (κ2) is 10.8. The van der Waals surface area contributed by atoms with Gasteiger partial charge in [-0.25, -0.2) is 0 Å². The number of carbonyl (C=O) groups is 3. The number of hydrogen-bond acceptors (Lipinski definition) is 4. The van der Waals surface area contributed by atoms with Crippen molar-refractivity contribution in [1.82, 2.24) is 10.6 Å². The van der Waals surface area contributed by atoms with Gasteiger partial charge in [-0.1, -0.05) is 69.2 Å². The molecule has 2 N–H and O–H groups in total. The summed E-state index contributed by atoms with van der Waals surface area (Å²) in [4.78, 5) is 36.3. The number of hydrogen-bond donors (Lipinski definition) is 2. The highest BCUT2D eigenvalue weighted by Crippen LogP contribution is 2.29. The maximum Gasteiger partial charge on any atom is 0.325 e. The average molecular weight is 423 g/mol. The Morgan fingerprint density at radius 2 is 1.61 bits per heavy atom. The van der Waals surface area contributed by atoms with Crippen LogP contribution in [-0.4, -0.2) is 37.0 Å². The topological polar surface area (TPSA) is 84.5 Å². The van der Waals surface area contributed by atoms with Gasteiger partial charge in [0.15, 0.2) is 6.61 Å². The van der Waals surface area contributed by atoms with E-state index < -0.39 is 5.97 Å². The van der Waals surface area contributed by atoms with Crippen LogP contribution in [-0.2, 0) is 14.3 Å². The fraction of sp³-hybridized carbons (Fsp3) is 0.400. The summed E-state index contributed by atoms with van der Waals surface area (Å²) in [5, 5.41) is 5.49. The molecule has 1 fully saturated rings. The first kappa shape index (κ1) is 22.5. The largest absolute Gasteiger partial charge is 0.454 e. The standard InChI is InChI=1S/C25H30N2O4/c1-17-7-6-10-22(18(17)2)27-23(28)16-31-24(29)15-26-25(30)21-13-11-20(12-14-21)19-8-4-3-5-9-19/h3-5,8-9,11-14,17-18,22H,6-7,10,15-16H2,1-2H3,(H,26,30)(H,27,28)/t17-,18+,22-/m0/s1. The van der Waals surface area contributed by atoms with Crippen LogP contribution < -0.4 is 10.6 Å². The maximum atomic E-state index is 12.3. The molecular weight excluding hydrogens is 392 g/mol.